The first-order chi connectivity index (χ1) is 12.2. The van der Waals surface area contributed by atoms with Crippen LogP contribution in [0.3, 0.4) is 0 Å². The average Bonchev–Trinajstić information content (AvgIpc) is 3.00. The predicted octanol–water partition coefficient (Wildman–Crippen LogP) is 5.26. The van der Waals surface area contributed by atoms with Crippen LogP contribution in [0.15, 0.2) is 53.5 Å². The Kier molecular flexibility index (Phi) is 4.53. The Hall–Kier alpha value is -2.20. The maximum absolute atomic E-state index is 12.7. The minimum Gasteiger partial charge on any atom is -0.313 e. The molecule has 25 heavy (non-hydrogen) atoms. The maximum atomic E-state index is 12.7. The molecule has 1 amide bonds. The Balaban J connectivity index is 1.82. The highest BCUT2D eigenvalue weighted by molar-refractivity contribution is 7.16. The molecule has 0 bridgehead atoms. The molecule has 0 saturated heterocycles. The van der Waals surface area contributed by atoms with E-state index in [0.29, 0.717) is 11.6 Å². The number of hydrogen-bond donors (Lipinski definition) is 0. The summed E-state index contributed by atoms with van der Waals surface area (Å²) in [5.74, 6) is -0.156. The van der Waals surface area contributed by atoms with Crippen LogP contribution < -0.4 is 4.80 Å². The number of fused-ring (bicyclic) bond motifs is 1. The Morgan fingerprint density at radius 3 is 2.52 bits per heavy atom. The second-order valence-corrected chi connectivity index (χ2v) is 7.81. The van der Waals surface area contributed by atoms with Gasteiger partial charge in [-0.3, -0.25) is 4.79 Å². The van der Waals surface area contributed by atoms with Crippen LogP contribution in [0.25, 0.3) is 10.2 Å². The van der Waals surface area contributed by atoms with Crippen LogP contribution in [-0.4, -0.2) is 10.5 Å². The number of benzene rings is 2. The fourth-order valence-electron chi connectivity index (χ4n) is 3.61. The van der Waals surface area contributed by atoms with Gasteiger partial charge < -0.3 is 4.57 Å². The Labute approximate surface area is 151 Å². The molecule has 1 aliphatic rings. The number of amides is 1. The lowest BCUT2D eigenvalue weighted by Gasteiger charge is -2.23. The molecule has 2 aromatic carbocycles. The fourth-order valence-corrected chi connectivity index (χ4v) is 4.70. The molecule has 1 heterocycles. The Morgan fingerprint density at radius 1 is 1.04 bits per heavy atom. The highest BCUT2D eigenvalue weighted by atomic mass is 32.1. The van der Waals surface area contributed by atoms with Crippen molar-refractivity contribution in [2.75, 3.05) is 0 Å². The lowest BCUT2D eigenvalue weighted by atomic mass is 9.95. The molecule has 4 heteroatoms. The monoisotopic (exact) mass is 350 g/mol. The zero-order valence-corrected chi connectivity index (χ0v) is 15.3. The summed E-state index contributed by atoms with van der Waals surface area (Å²) in [5, 5.41) is 0. The maximum Gasteiger partial charge on any atom is 0.279 e. The quantitative estimate of drug-likeness (QED) is 0.621. The van der Waals surface area contributed by atoms with E-state index >= 15 is 0 Å². The second kappa shape index (κ2) is 6.96. The van der Waals surface area contributed by atoms with Gasteiger partial charge in [0.05, 0.1) is 10.2 Å². The number of aryl methyl sites for hydroxylation is 1. The van der Waals surface area contributed by atoms with Gasteiger partial charge in [-0.2, -0.15) is 4.99 Å². The van der Waals surface area contributed by atoms with Gasteiger partial charge in [0, 0.05) is 11.6 Å². The highest BCUT2D eigenvalue weighted by Gasteiger charge is 2.19. The van der Waals surface area contributed by atoms with E-state index in [1.54, 1.807) is 11.3 Å². The van der Waals surface area contributed by atoms with E-state index in [4.69, 9.17) is 0 Å². The van der Waals surface area contributed by atoms with Gasteiger partial charge in [-0.25, -0.2) is 0 Å². The number of hydrogen-bond acceptors (Lipinski definition) is 2. The summed E-state index contributed by atoms with van der Waals surface area (Å²) >= 11 is 1.62. The van der Waals surface area contributed by atoms with Gasteiger partial charge in [0.15, 0.2) is 4.80 Å². The van der Waals surface area contributed by atoms with Crippen molar-refractivity contribution < 1.29 is 4.79 Å². The van der Waals surface area contributed by atoms with Crippen molar-refractivity contribution in [1.29, 1.82) is 0 Å². The number of carbonyl (C=O) groups is 1. The smallest absolute Gasteiger partial charge is 0.279 e. The lowest BCUT2D eigenvalue weighted by Crippen LogP contribution is -2.23. The number of carbonyl (C=O) groups excluding carboxylic acids is 1. The summed E-state index contributed by atoms with van der Waals surface area (Å²) in [4.78, 5) is 18.0. The molecule has 4 rings (SSSR count). The molecule has 3 aromatic rings. The van der Waals surface area contributed by atoms with Crippen LogP contribution in [0.2, 0.25) is 0 Å². The van der Waals surface area contributed by atoms with Crippen molar-refractivity contribution >= 4 is 27.5 Å². The van der Waals surface area contributed by atoms with Crippen molar-refractivity contribution in [1.82, 2.24) is 4.57 Å². The fraction of sp³-hybridized carbons (Fsp3) is 0.333. The molecule has 1 saturated carbocycles. The van der Waals surface area contributed by atoms with Crippen molar-refractivity contribution in [2.45, 2.75) is 45.1 Å². The van der Waals surface area contributed by atoms with Crippen LogP contribution in [0, 0.1) is 6.92 Å². The summed E-state index contributed by atoms with van der Waals surface area (Å²) < 4.78 is 3.51. The van der Waals surface area contributed by atoms with E-state index in [2.05, 4.69) is 33.8 Å². The first-order valence-electron chi connectivity index (χ1n) is 8.98. The predicted molar refractivity (Wildman–Crippen MR) is 103 cm³/mol. The Bertz CT molecular complexity index is 959. The summed E-state index contributed by atoms with van der Waals surface area (Å²) in [7, 11) is 0. The lowest BCUT2D eigenvalue weighted by molar-refractivity contribution is 0.0997. The van der Waals surface area contributed by atoms with E-state index < -0.39 is 0 Å². The largest absolute Gasteiger partial charge is 0.313 e. The number of rotatable bonds is 2. The summed E-state index contributed by atoms with van der Waals surface area (Å²) in [6.45, 7) is 2.02. The summed E-state index contributed by atoms with van der Waals surface area (Å²) in [5.41, 5.74) is 3.00. The zero-order chi connectivity index (χ0) is 17.2. The van der Waals surface area contributed by atoms with Gasteiger partial charge in [-0.1, -0.05) is 60.4 Å². The topological polar surface area (TPSA) is 34.4 Å². The molecule has 0 spiro atoms. The molecule has 3 nitrogen and oxygen atoms in total. The van der Waals surface area contributed by atoms with Gasteiger partial charge in [-0.05, 0) is 44.0 Å². The molecule has 0 radical (unpaired) electrons. The van der Waals surface area contributed by atoms with E-state index in [1.165, 1.54) is 42.3 Å². The Morgan fingerprint density at radius 2 is 1.76 bits per heavy atom. The van der Waals surface area contributed by atoms with Crippen LogP contribution in [-0.2, 0) is 0 Å². The van der Waals surface area contributed by atoms with Crippen molar-refractivity contribution in [3.63, 3.8) is 0 Å². The summed E-state index contributed by atoms with van der Waals surface area (Å²) in [6, 6.07) is 16.5. The van der Waals surface area contributed by atoms with Gasteiger partial charge >= 0.3 is 0 Å². The highest BCUT2D eigenvalue weighted by Crippen LogP contribution is 2.31. The normalized spacial score (nSPS) is 16.4. The SMILES string of the molecule is Cc1ccc(C(=O)N=c2sc3ccccc3n2C2CCCCC2)cc1. The minimum absolute atomic E-state index is 0.156. The van der Waals surface area contributed by atoms with Gasteiger partial charge in [0.2, 0.25) is 0 Å². The average molecular weight is 350 g/mol. The van der Waals surface area contributed by atoms with E-state index in [-0.39, 0.29) is 5.91 Å². The molecular weight excluding hydrogens is 328 g/mol. The van der Waals surface area contributed by atoms with E-state index in [1.807, 2.05) is 31.2 Å². The minimum atomic E-state index is -0.156. The first kappa shape index (κ1) is 16.3. The second-order valence-electron chi connectivity index (χ2n) is 6.80. The van der Waals surface area contributed by atoms with E-state index in [9.17, 15) is 4.79 Å². The van der Waals surface area contributed by atoms with Crippen molar-refractivity contribution in [2.24, 2.45) is 4.99 Å². The number of para-hydroxylation sites is 1. The van der Waals surface area contributed by atoms with Gasteiger partial charge in [0.1, 0.15) is 0 Å². The molecule has 0 aliphatic heterocycles. The standard InChI is InChI=1S/C21H22N2OS/c1-15-11-13-16(14-12-15)20(24)22-21-23(17-7-3-2-4-8-17)18-9-5-6-10-19(18)25-21/h5-6,9-14,17H,2-4,7-8H2,1H3. The van der Waals surface area contributed by atoms with Crippen LogP contribution in [0.1, 0.15) is 54.1 Å². The molecular formula is C21H22N2OS. The zero-order valence-electron chi connectivity index (χ0n) is 14.4. The molecule has 128 valence electrons. The third kappa shape index (κ3) is 3.31. The summed E-state index contributed by atoms with van der Waals surface area (Å²) in [6.07, 6.45) is 6.17. The molecule has 0 unspecified atom stereocenters. The molecule has 0 N–H and O–H groups in total. The number of nitrogens with zero attached hydrogens (tertiary/aromatic N) is 2. The van der Waals surface area contributed by atoms with E-state index in [0.717, 1.165) is 10.4 Å². The third-order valence-electron chi connectivity index (χ3n) is 4.97. The van der Waals surface area contributed by atoms with Crippen molar-refractivity contribution in [3.8, 4) is 0 Å². The van der Waals surface area contributed by atoms with Gasteiger partial charge in [-0.15, -0.1) is 0 Å². The number of aromatic nitrogens is 1. The molecule has 1 fully saturated rings. The molecule has 1 aromatic heterocycles. The van der Waals surface area contributed by atoms with Crippen molar-refractivity contribution in [3.05, 3.63) is 64.5 Å². The van der Waals surface area contributed by atoms with Gasteiger partial charge in [0.25, 0.3) is 5.91 Å². The third-order valence-corrected chi connectivity index (χ3v) is 6.00. The first-order valence-corrected chi connectivity index (χ1v) is 9.80. The number of thiazole rings is 1. The van der Waals surface area contributed by atoms with Crippen LogP contribution >= 0.6 is 11.3 Å². The van der Waals surface area contributed by atoms with Crippen LogP contribution in [0.4, 0.5) is 0 Å². The van der Waals surface area contributed by atoms with Crippen LogP contribution in [0.5, 0.6) is 0 Å². The molecule has 0 atom stereocenters. The molecule has 1 aliphatic carbocycles.